The Kier molecular flexibility index (Phi) is 3.94. The van der Waals surface area contributed by atoms with Gasteiger partial charge >= 0.3 is 0 Å². The zero-order chi connectivity index (χ0) is 10.6. The van der Waals surface area contributed by atoms with Gasteiger partial charge < -0.3 is 5.32 Å². The molecule has 78 valence electrons. The molecule has 1 aliphatic rings. The smallest absolute Gasteiger partial charge is 0.237 e. The molecule has 0 saturated heterocycles. The molecular weight excluding hydrogens is 176 g/mol. The van der Waals surface area contributed by atoms with E-state index < -0.39 is 5.92 Å². The SMILES string of the molecule is CCC(C#N)C(=O)NC1CCC(C)C1. The first-order valence-electron chi connectivity index (χ1n) is 5.37. The van der Waals surface area contributed by atoms with Crippen molar-refractivity contribution in [1.29, 1.82) is 5.26 Å². The molecule has 3 heteroatoms. The Morgan fingerprint density at radius 3 is 2.79 bits per heavy atom. The fraction of sp³-hybridized carbons (Fsp3) is 0.818. The highest BCUT2D eigenvalue weighted by molar-refractivity contribution is 5.81. The standard InChI is InChI=1S/C11H18N2O/c1-3-9(7-12)11(14)13-10-5-4-8(2)6-10/h8-10H,3-6H2,1-2H3,(H,13,14). The second kappa shape index (κ2) is 4.99. The molecule has 0 bridgehead atoms. The number of hydrogen-bond donors (Lipinski definition) is 1. The minimum Gasteiger partial charge on any atom is -0.352 e. The summed E-state index contributed by atoms with van der Waals surface area (Å²) < 4.78 is 0. The number of nitriles is 1. The van der Waals surface area contributed by atoms with E-state index in [-0.39, 0.29) is 5.91 Å². The van der Waals surface area contributed by atoms with E-state index in [4.69, 9.17) is 5.26 Å². The van der Waals surface area contributed by atoms with Crippen LogP contribution in [0.3, 0.4) is 0 Å². The summed E-state index contributed by atoms with van der Waals surface area (Å²) in [6.07, 6.45) is 3.92. The summed E-state index contributed by atoms with van der Waals surface area (Å²) >= 11 is 0. The summed E-state index contributed by atoms with van der Waals surface area (Å²) in [6, 6.07) is 2.33. The van der Waals surface area contributed by atoms with Crippen LogP contribution in [0.15, 0.2) is 0 Å². The van der Waals surface area contributed by atoms with Gasteiger partial charge in [0, 0.05) is 6.04 Å². The Hall–Kier alpha value is -1.04. The lowest BCUT2D eigenvalue weighted by Crippen LogP contribution is -2.36. The van der Waals surface area contributed by atoms with Crippen molar-refractivity contribution in [3.8, 4) is 6.07 Å². The van der Waals surface area contributed by atoms with Gasteiger partial charge in [0.25, 0.3) is 0 Å². The minimum absolute atomic E-state index is 0.0888. The Balaban J connectivity index is 2.37. The van der Waals surface area contributed by atoms with Crippen molar-refractivity contribution in [3.63, 3.8) is 0 Å². The summed E-state index contributed by atoms with van der Waals surface area (Å²) in [4.78, 5) is 11.5. The van der Waals surface area contributed by atoms with Crippen LogP contribution in [0, 0.1) is 23.2 Å². The third-order valence-electron chi connectivity index (χ3n) is 2.92. The fourth-order valence-electron chi connectivity index (χ4n) is 1.98. The van der Waals surface area contributed by atoms with Gasteiger partial charge in [0.1, 0.15) is 5.92 Å². The van der Waals surface area contributed by atoms with Crippen LogP contribution in [0.5, 0.6) is 0 Å². The Labute approximate surface area is 85.5 Å². The first-order chi connectivity index (χ1) is 6.67. The number of carbonyl (C=O) groups is 1. The molecular formula is C11H18N2O. The highest BCUT2D eigenvalue weighted by atomic mass is 16.1. The molecule has 0 aromatic carbocycles. The average Bonchev–Trinajstić information content (AvgIpc) is 2.53. The fourth-order valence-corrected chi connectivity index (χ4v) is 1.98. The predicted octanol–water partition coefficient (Wildman–Crippen LogP) is 1.84. The van der Waals surface area contributed by atoms with E-state index in [0.29, 0.717) is 18.4 Å². The molecule has 1 aliphatic carbocycles. The zero-order valence-electron chi connectivity index (χ0n) is 8.92. The zero-order valence-corrected chi connectivity index (χ0v) is 8.92. The Bertz CT molecular complexity index is 244. The number of hydrogen-bond acceptors (Lipinski definition) is 2. The molecule has 3 unspecified atom stereocenters. The monoisotopic (exact) mass is 194 g/mol. The summed E-state index contributed by atoms with van der Waals surface area (Å²) in [5.74, 6) is 0.155. The largest absolute Gasteiger partial charge is 0.352 e. The lowest BCUT2D eigenvalue weighted by Gasteiger charge is -2.14. The number of amides is 1. The summed E-state index contributed by atoms with van der Waals surface area (Å²) in [7, 11) is 0. The number of carbonyl (C=O) groups excluding carboxylic acids is 1. The van der Waals surface area contributed by atoms with E-state index in [1.165, 1.54) is 6.42 Å². The molecule has 0 aliphatic heterocycles. The van der Waals surface area contributed by atoms with Gasteiger partial charge in [0.15, 0.2) is 0 Å². The molecule has 0 aromatic heterocycles. The van der Waals surface area contributed by atoms with Crippen LogP contribution in [-0.2, 0) is 4.79 Å². The maximum atomic E-state index is 11.5. The van der Waals surface area contributed by atoms with Crippen LogP contribution in [0.4, 0.5) is 0 Å². The van der Waals surface area contributed by atoms with Gasteiger partial charge in [0.2, 0.25) is 5.91 Å². The van der Waals surface area contributed by atoms with Crippen molar-refractivity contribution >= 4 is 5.91 Å². The Morgan fingerprint density at radius 2 is 2.36 bits per heavy atom. The van der Waals surface area contributed by atoms with Gasteiger partial charge in [-0.25, -0.2) is 0 Å². The first-order valence-corrected chi connectivity index (χ1v) is 5.37. The maximum absolute atomic E-state index is 11.5. The molecule has 1 amide bonds. The van der Waals surface area contributed by atoms with Crippen LogP contribution in [0.1, 0.15) is 39.5 Å². The number of nitrogens with zero attached hydrogens (tertiary/aromatic N) is 1. The van der Waals surface area contributed by atoms with Gasteiger partial charge in [-0.2, -0.15) is 5.26 Å². The molecule has 1 fully saturated rings. The Morgan fingerprint density at radius 1 is 1.64 bits per heavy atom. The highest BCUT2D eigenvalue weighted by Gasteiger charge is 2.25. The van der Waals surface area contributed by atoms with Gasteiger partial charge in [0.05, 0.1) is 6.07 Å². The van der Waals surface area contributed by atoms with E-state index in [1.54, 1.807) is 0 Å². The molecule has 1 saturated carbocycles. The van der Waals surface area contributed by atoms with Gasteiger partial charge in [-0.05, 0) is 31.6 Å². The third kappa shape index (κ3) is 2.73. The quantitative estimate of drug-likeness (QED) is 0.745. The van der Waals surface area contributed by atoms with Gasteiger partial charge in [-0.1, -0.05) is 13.8 Å². The third-order valence-corrected chi connectivity index (χ3v) is 2.92. The molecule has 3 atom stereocenters. The predicted molar refractivity (Wildman–Crippen MR) is 54.3 cm³/mol. The minimum atomic E-state index is -0.467. The topological polar surface area (TPSA) is 52.9 Å². The number of rotatable bonds is 3. The van der Waals surface area contributed by atoms with E-state index in [9.17, 15) is 4.79 Å². The second-order valence-corrected chi connectivity index (χ2v) is 4.21. The van der Waals surface area contributed by atoms with E-state index in [1.807, 2.05) is 13.0 Å². The van der Waals surface area contributed by atoms with E-state index in [2.05, 4.69) is 12.2 Å². The van der Waals surface area contributed by atoms with E-state index in [0.717, 1.165) is 12.8 Å². The summed E-state index contributed by atoms with van der Waals surface area (Å²) in [5, 5.41) is 11.7. The molecule has 1 rings (SSSR count). The second-order valence-electron chi connectivity index (χ2n) is 4.21. The van der Waals surface area contributed by atoms with Crippen LogP contribution in [0.2, 0.25) is 0 Å². The molecule has 1 N–H and O–H groups in total. The van der Waals surface area contributed by atoms with Crippen molar-refractivity contribution in [2.75, 3.05) is 0 Å². The van der Waals surface area contributed by atoms with Crippen LogP contribution < -0.4 is 5.32 Å². The van der Waals surface area contributed by atoms with Crippen LogP contribution in [0.25, 0.3) is 0 Å². The maximum Gasteiger partial charge on any atom is 0.237 e. The first kappa shape index (κ1) is 11.0. The average molecular weight is 194 g/mol. The summed E-state index contributed by atoms with van der Waals surface area (Å²) in [6.45, 7) is 4.07. The molecule has 14 heavy (non-hydrogen) atoms. The van der Waals surface area contributed by atoms with Crippen molar-refractivity contribution in [2.45, 2.75) is 45.6 Å². The molecule has 3 nitrogen and oxygen atoms in total. The van der Waals surface area contributed by atoms with Crippen molar-refractivity contribution < 1.29 is 4.79 Å². The van der Waals surface area contributed by atoms with Crippen molar-refractivity contribution in [1.82, 2.24) is 5.32 Å². The van der Waals surface area contributed by atoms with Gasteiger partial charge in [-0.15, -0.1) is 0 Å². The highest BCUT2D eigenvalue weighted by Crippen LogP contribution is 2.24. The molecule has 0 aromatic rings. The normalized spacial score (nSPS) is 28.1. The molecule has 0 spiro atoms. The van der Waals surface area contributed by atoms with Crippen LogP contribution in [-0.4, -0.2) is 11.9 Å². The number of nitrogens with one attached hydrogen (secondary N) is 1. The van der Waals surface area contributed by atoms with Crippen molar-refractivity contribution in [3.05, 3.63) is 0 Å². The van der Waals surface area contributed by atoms with Crippen molar-refractivity contribution in [2.24, 2.45) is 11.8 Å². The lowest BCUT2D eigenvalue weighted by atomic mass is 10.1. The lowest BCUT2D eigenvalue weighted by molar-refractivity contribution is -0.124. The molecule has 0 radical (unpaired) electrons. The van der Waals surface area contributed by atoms with Crippen LogP contribution >= 0.6 is 0 Å². The molecule has 0 heterocycles. The van der Waals surface area contributed by atoms with Gasteiger partial charge in [-0.3, -0.25) is 4.79 Å². The van der Waals surface area contributed by atoms with E-state index >= 15 is 0 Å². The summed E-state index contributed by atoms with van der Waals surface area (Å²) in [5.41, 5.74) is 0.